The topological polar surface area (TPSA) is 84.9 Å². The van der Waals surface area contributed by atoms with Crippen LogP contribution in [0.15, 0.2) is 0 Å². The molecule has 2 amide bonds. The van der Waals surface area contributed by atoms with E-state index < -0.39 is 23.7 Å². The van der Waals surface area contributed by atoms with Crippen LogP contribution in [0, 0.1) is 23.2 Å². The summed E-state index contributed by atoms with van der Waals surface area (Å²) in [7, 11) is 0. The molecule has 168 valence electrons. The Hall–Kier alpha value is -1.79. The van der Waals surface area contributed by atoms with Gasteiger partial charge in [-0.15, -0.1) is 0 Å². The summed E-state index contributed by atoms with van der Waals surface area (Å²) in [5.41, 5.74) is -0.362. The van der Waals surface area contributed by atoms with Gasteiger partial charge in [0.15, 0.2) is 6.61 Å². The highest BCUT2D eigenvalue weighted by atomic mass is 16.6. The molecule has 1 heterocycles. The van der Waals surface area contributed by atoms with Crippen molar-refractivity contribution in [3.05, 3.63) is 0 Å². The van der Waals surface area contributed by atoms with E-state index in [1.54, 1.807) is 20.8 Å². The number of hydrogen-bond acceptors (Lipinski definition) is 5. The molecule has 4 aliphatic carbocycles. The summed E-state index contributed by atoms with van der Waals surface area (Å²) in [6.07, 6.45) is 8.56. The minimum Gasteiger partial charge on any atom is -0.454 e. The predicted molar refractivity (Wildman–Crippen MR) is 111 cm³/mol. The lowest BCUT2D eigenvalue weighted by Gasteiger charge is -2.56. The quantitative estimate of drug-likeness (QED) is 0.690. The molecule has 7 nitrogen and oxygen atoms in total. The fourth-order valence-electron chi connectivity index (χ4n) is 6.63. The van der Waals surface area contributed by atoms with Gasteiger partial charge in [-0.05, 0) is 95.3 Å². The van der Waals surface area contributed by atoms with Crippen molar-refractivity contribution in [3.63, 3.8) is 0 Å². The highest BCUT2D eigenvalue weighted by Crippen LogP contribution is 2.59. The maximum Gasteiger partial charge on any atom is 0.411 e. The molecule has 4 bridgehead atoms. The van der Waals surface area contributed by atoms with Crippen molar-refractivity contribution in [3.8, 4) is 0 Å². The van der Waals surface area contributed by atoms with Crippen molar-refractivity contribution in [2.45, 2.75) is 83.8 Å². The molecule has 1 atom stereocenters. The summed E-state index contributed by atoms with van der Waals surface area (Å²) >= 11 is 0. The Morgan fingerprint density at radius 3 is 2.20 bits per heavy atom. The van der Waals surface area contributed by atoms with Gasteiger partial charge in [-0.25, -0.2) is 9.59 Å². The lowest BCUT2D eigenvalue weighted by Crippen LogP contribution is -2.51. The van der Waals surface area contributed by atoms with Gasteiger partial charge in [0.25, 0.3) is 5.91 Å². The molecular formula is C23H36N2O5. The molecule has 4 saturated carbocycles. The van der Waals surface area contributed by atoms with Gasteiger partial charge in [0.2, 0.25) is 0 Å². The number of esters is 1. The average molecular weight is 421 g/mol. The maximum absolute atomic E-state index is 12.5. The number of carbonyl (C=O) groups is 3. The number of nitrogens with zero attached hydrogens (tertiary/aromatic N) is 1. The number of likely N-dealkylation sites (tertiary alicyclic amines) is 1. The highest BCUT2D eigenvalue weighted by molar-refractivity contribution is 5.85. The molecular weight excluding hydrogens is 384 g/mol. The number of hydrogen-bond donors (Lipinski definition) is 1. The normalized spacial score (nSPS) is 34.7. The predicted octanol–water partition coefficient (Wildman–Crippen LogP) is 3.26. The van der Waals surface area contributed by atoms with E-state index in [9.17, 15) is 14.4 Å². The lowest BCUT2D eigenvalue weighted by molar-refractivity contribution is -0.153. The van der Waals surface area contributed by atoms with Crippen LogP contribution >= 0.6 is 0 Å². The molecule has 0 aromatic heterocycles. The smallest absolute Gasteiger partial charge is 0.411 e. The first-order chi connectivity index (χ1) is 14.1. The van der Waals surface area contributed by atoms with Gasteiger partial charge in [-0.3, -0.25) is 9.69 Å². The fourth-order valence-corrected chi connectivity index (χ4v) is 6.63. The molecule has 0 radical (unpaired) electrons. The second kappa shape index (κ2) is 8.04. The van der Waals surface area contributed by atoms with Crippen LogP contribution in [0.2, 0.25) is 0 Å². The first-order valence-corrected chi connectivity index (χ1v) is 11.6. The first-order valence-electron chi connectivity index (χ1n) is 11.6. The molecule has 1 aliphatic heterocycles. The Morgan fingerprint density at radius 2 is 1.63 bits per heavy atom. The van der Waals surface area contributed by atoms with Crippen molar-refractivity contribution in [1.82, 2.24) is 10.2 Å². The second-order valence-electron chi connectivity index (χ2n) is 11.1. The molecule has 1 N–H and O–H groups in total. The lowest BCUT2D eigenvalue weighted by atomic mass is 9.49. The van der Waals surface area contributed by atoms with Crippen molar-refractivity contribution in [2.75, 3.05) is 19.7 Å². The second-order valence-corrected chi connectivity index (χ2v) is 11.1. The minimum absolute atomic E-state index is 0.249. The third-order valence-electron chi connectivity index (χ3n) is 7.32. The van der Waals surface area contributed by atoms with Gasteiger partial charge in [-0.2, -0.15) is 0 Å². The number of amides is 2. The van der Waals surface area contributed by atoms with E-state index in [1.165, 1.54) is 43.4 Å². The van der Waals surface area contributed by atoms with Crippen LogP contribution in [0.4, 0.5) is 4.79 Å². The van der Waals surface area contributed by atoms with Crippen molar-refractivity contribution in [1.29, 1.82) is 0 Å². The van der Waals surface area contributed by atoms with Gasteiger partial charge in [-0.1, -0.05) is 0 Å². The zero-order valence-corrected chi connectivity index (χ0v) is 18.6. The Morgan fingerprint density at radius 1 is 1.03 bits per heavy atom. The van der Waals surface area contributed by atoms with Crippen LogP contribution in [0.3, 0.4) is 0 Å². The zero-order valence-electron chi connectivity index (χ0n) is 18.6. The van der Waals surface area contributed by atoms with E-state index in [2.05, 4.69) is 5.32 Å². The average Bonchev–Trinajstić information content (AvgIpc) is 3.12. The van der Waals surface area contributed by atoms with Gasteiger partial charge in [0.1, 0.15) is 11.6 Å². The summed E-state index contributed by atoms with van der Waals surface area (Å²) in [5, 5.41) is 3.03. The number of rotatable bonds is 5. The van der Waals surface area contributed by atoms with E-state index in [4.69, 9.17) is 9.47 Å². The number of nitrogens with one attached hydrogen (secondary N) is 1. The van der Waals surface area contributed by atoms with Crippen molar-refractivity contribution < 1.29 is 23.9 Å². The minimum atomic E-state index is -0.671. The maximum atomic E-state index is 12.5. The van der Waals surface area contributed by atoms with Gasteiger partial charge in [0.05, 0.1) is 0 Å². The van der Waals surface area contributed by atoms with Crippen LogP contribution < -0.4 is 5.32 Å². The summed E-state index contributed by atoms with van der Waals surface area (Å²) < 4.78 is 10.7. The Kier molecular flexibility index (Phi) is 5.75. The zero-order chi connectivity index (χ0) is 21.5. The van der Waals surface area contributed by atoms with Crippen LogP contribution in [0.5, 0.6) is 0 Å². The summed E-state index contributed by atoms with van der Waals surface area (Å²) in [4.78, 5) is 38.6. The number of ether oxygens (including phenoxy) is 2. The Balaban J connectivity index is 1.23. The SMILES string of the molecule is CC(C)(C)OC(=O)N1CCC[C@H]1C(=O)OCC(=O)NCC12CC3CC(CC(C3)C1)C2. The summed E-state index contributed by atoms with van der Waals surface area (Å²) in [6, 6.07) is -0.671. The Bertz CT molecular complexity index is 663. The van der Waals surface area contributed by atoms with E-state index >= 15 is 0 Å². The third-order valence-corrected chi connectivity index (χ3v) is 7.32. The van der Waals surface area contributed by atoms with E-state index in [0.29, 0.717) is 19.5 Å². The largest absolute Gasteiger partial charge is 0.454 e. The monoisotopic (exact) mass is 420 g/mol. The van der Waals surface area contributed by atoms with E-state index in [1.807, 2.05) is 0 Å². The van der Waals surface area contributed by atoms with Crippen LogP contribution in [-0.2, 0) is 19.1 Å². The molecule has 7 heteroatoms. The van der Waals surface area contributed by atoms with E-state index in [-0.39, 0.29) is 17.9 Å². The van der Waals surface area contributed by atoms with Crippen LogP contribution in [-0.4, -0.2) is 54.2 Å². The Labute approximate surface area is 179 Å². The molecule has 1 saturated heterocycles. The molecule has 5 rings (SSSR count). The molecule has 0 aromatic carbocycles. The molecule has 5 aliphatic rings. The van der Waals surface area contributed by atoms with Gasteiger partial charge >= 0.3 is 12.1 Å². The van der Waals surface area contributed by atoms with Crippen molar-refractivity contribution in [2.24, 2.45) is 23.2 Å². The van der Waals surface area contributed by atoms with Gasteiger partial charge in [0, 0.05) is 13.1 Å². The molecule has 0 spiro atoms. The van der Waals surface area contributed by atoms with Crippen LogP contribution in [0.25, 0.3) is 0 Å². The molecule has 0 unspecified atom stereocenters. The number of carbonyl (C=O) groups excluding carboxylic acids is 3. The fraction of sp³-hybridized carbons (Fsp3) is 0.870. The van der Waals surface area contributed by atoms with E-state index in [0.717, 1.165) is 24.2 Å². The third kappa shape index (κ3) is 4.75. The molecule has 5 fully saturated rings. The standard InChI is InChI=1S/C23H36N2O5/c1-22(2,3)30-21(28)25-6-4-5-18(25)20(27)29-13-19(26)24-14-23-10-15-7-16(11-23)9-17(8-15)12-23/h15-18H,4-14H2,1-3H3,(H,24,26)/t15?,16?,17?,18-,23?/m0/s1. The van der Waals surface area contributed by atoms with Crippen molar-refractivity contribution >= 4 is 18.0 Å². The highest BCUT2D eigenvalue weighted by Gasteiger charge is 2.50. The molecule has 30 heavy (non-hydrogen) atoms. The first kappa shape index (κ1) is 21.4. The molecule has 0 aromatic rings. The summed E-state index contributed by atoms with van der Waals surface area (Å²) in [5.74, 6) is 1.75. The van der Waals surface area contributed by atoms with Crippen LogP contribution in [0.1, 0.15) is 72.1 Å². The summed E-state index contributed by atoms with van der Waals surface area (Å²) in [6.45, 7) is 6.25. The van der Waals surface area contributed by atoms with Gasteiger partial charge < -0.3 is 14.8 Å².